The summed E-state index contributed by atoms with van der Waals surface area (Å²) in [4.78, 5) is 44.8. The number of rotatable bonds is 7. The Morgan fingerprint density at radius 2 is 1.84 bits per heavy atom. The summed E-state index contributed by atoms with van der Waals surface area (Å²) in [7, 11) is -3.75. The molecule has 0 aliphatic carbocycles. The van der Waals surface area contributed by atoms with Gasteiger partial charge in [0.2, 0.25) is 15.9 Å². The summed E-state index contributed by atoms with van der Waals surface area (Å²) in [5.41, 5.74) is 2.75. The lowest BCUT2D eigenvalue weighted by molar-refractivity contribution is -0.116. The number of anilines is 1. The molecule has 0 saturated heterocycles. The Kier molecular flexibility index (Phi) is 6.30. The summed E-state index contributed by atoms with van der Waals surface area (Å²) in [6, 6.07) is 12.0. The van der Waals surface area contributed by atoms with Crippen molar-refractivity contribution < 1.29 is 13.2 Å². The number of aryl methyl sites for hydroxylation is 1. The van der Waals surface area contributed by atoms with Crippen molar-refractivity contribution >= 4 is 32.8 Å². The second kappa shape index (κ2) is 9.45. The highest BCUT2D eigenvalue weighted by atomic mass is 32.2. The molecule has 1 aliphatic rings. The number of H-pyrrole nitrogens is 1. The normalized spacial score (nSPS) is 13.3. The summed E-state index contributed by atoms with van der Waals surface area (Å²) >= 11 is 0. The van der Waals surface area contributed by atoms with Crippen molar-refractivity contribution in [2.24, 2.45) is 0 Å². The third-order valence-electron chi connectivity index (χ3n) is 6.56. The third-order valence-corrected chi connectivity index (χ3v) is 7.96. The predicted octanol–water partition coefficient (Wildman–Crippen LogP) is 1.34. The van der Waals surface area contributed by atoms with Gasteiger partial charge in [0, 0.05) is 32.2 Å². The lowest BCUT2D eigenvalue weighted by Gasteiger charge is -2.15. The van der Waals surface area contributed by atoms with Crippen LogP contribution in [0.2, 0.25) is 0 Å². The molecule has 5 rings (SSSR count). The van der Waals surface area contributed by atoms with Gasteiger partial charge in [-0.15, -0.1) is 0 Å². The van der Waals surface area contributed by atoms with Crippen LogP contribution in [0.5, 0.6) is 0 Å². The first-order valence-corrected chi connectivity index (χ1v) is 13.3. The van der Waals surface area contributed by atoms with E-state index >= 15 is 0 Å². The Morgan fingerprint density at radius 1 is 1.11 bits per heavy atom. The van der Waals surface area contributed by atoms with Gasteiger partial charge in [-0.1, -0.05) is 24.3 Å². The monoisotopic (exact) mass is 522 g/mol. The Bertz CT molecular complexity index is 1730. The number of hydrogen-bond donors (Lipinski definition) is 2. The molecule has 0 saturated carbocycles. The number of fused-ring (bicyclic) bond motifs is 2. The van der Waals surface area contributed by atoms with E-state index in [4.69, 9.17) is 0 Å². The van der Waals surface area contributed by atoms with Crippen LogP contribution >= 0.6 is 0 Å². The quantitative estimate of drug-likeness (QED) is 0.376. The van der Waals surface area contributed by atoms with E-state index in [1.807, 2.05) is 6.92 Å². The Morgan fingerprint density at radius 3 is 2.54 bits per heavy atom. The number of nitrogens with one attached hydrogen (secondary N) is 2. The van der Waals surface area contributed by atoms with Crippen LogP contribution in [0.3, 0.4) is 0 Å². The number of amides is 1. The minimum atomic E-state index is -3.75. The van der Waals surface area contributed by atoms with Gasteiger partial charge >= 0.3 is 5.69 Å². The molecule has 11 nitrogen and oxygen atoms in total. The number of carbonyl (C=O) groups excluding carboxylic acids is 1. The number of carbonyl (C=O) groups is 1. The highest BCUT2D eigenvalue weighted by Crippen LogP contribution is 2.30. The zero-order valence-corrected chi connectivity index (χ0v) is 21.2. The molecule has 0 radical (unpaired) electrons. The lowest BCUT2D eigenvalue weighted by Crippen LogP contribution is -2.31. The molecule has 1 amide bonds. The Labute approximate surface area is 212 Å². The summed E-state index contributed by atoms with van der Waals surface area (Å²) in [5, 5.41) is 0. The van der Waals surface area contributed by atoms with Gasteiger partial charge < -0.3 is 9.47 Å². The van der Waals surface area contributed by atoms with Crippen LogP contribution in [0.4, 0.5) is 5.69 Å². The van der Waals surface area contributed by atoms with Gasteiger partial charge in [0.15, 0.2) is 11.2 Å². The van der Waals surface area contributed by atoms with Crippen LogP contribution < -0.4 is 20.9 Å². The van der Waals surface area contributed by atoms with E-state index in [0.29, 0.717) is 30.7 Å². The van der Waals surface area contributed by atoms with Gasteiger partial charge in [-0.2, -0.15) is 0 Å². The molecule has 0 atom stereocenters. The van der Waals surface area contributed by atoms with Crippen molar-refractivity contribution in [3.63, 3.8) is 0 Å². The first-order chi connectivity index (χ1) is 17.7. The molecule has 2 N–H and O–H groups in total. The standard InChI is InChI=1S/C25H26N6O5S/c1-3-29-15-26-23-22(29)24(33)28-25(34)31(23)14-18-6-4-17(5-7-18)13-27-37(35,36)20-8-9-21-19(12-20)10-11-30(21)16(2)32/h4-9,12,15,27H,3,10-11,13-14H2,1-2H3,(H,28,33,34). The van der Waals surface area contributed by atoms with Crippen LogP contribution in [0.1, 0.15) is 30.5 Å². The molecule has 12 heteroatoms. The van der Waals surface area contributed by atoms with Crippen LogP contribution in [0.25, 0.3) is 11.2 Å². The van der Waals surface area contributed by atoms with E-state index in [9.17, 15) is 22.8 Å². The van der Waals surface area contributed by atoms with E-state index < -0.39 is 21.3 Å². The zero-order chi connectivity index (χ0) is 26.3. The summed E-state index contributed by atoms with van der Waals surface area (Å²) < 4.78 is 31.5. The fraction of sp³-hybridized carbons (Fsp3) is 0.280. The smallest absolute Gasteiger partial charge is 0.325 e. The van der Waals surface area contributed by atoms with Crippen molar-refractivity contribution in [3.8, 4) is 0 Å². The number of aromatic amines is 1. The molecule has 37 heavy (non-hydrogen) atoms. The predicted molar refractivity (Wildman–Crippen MR) is 138 cm³/mol. The molecule has 0 unspecified atom stereocenters. The van der Waals surface area contributed by atoms with E-state index in [-0.39, 0.29) is 23.9 Å². The van der Waals surface area contributed by atoms with Gasteiger partial charge in [-0.3, -0.25) is 19.1 Å². The summed E-state index contributed by atoms with van der Waals surface area (Å²) in [6.45, 7) is 4.76. The fourth-order valence-electron chi connectivity index (χ4n) is 4.59. The minimum absolute atomic E-state index is 0.0681. The number of aromatic nitrogens is 4. The largest absolute Gasteiger partial charge is 0.330 e. The SMILES string of the molecule is CCn1cnc2c1c(=O)[nH]c(=O)n2Cc1ccc(CNS(=O)(=O)c2ccc3c(c2)CCN3C(C)=O)cc1. The van der Waals surface area contributed by atoms with Crippen molar-refractivity contribution in [1.82, 2.24) is 23.8 Å². The summed E-state index contributed by atoms with van der Waals surface area (Å²) in [5.74, 6) is -0.0681. The molecule has 4 aromatic rings. The molecule has 0 bridgehead atoms. The maximum atomic E-state index is 12.9. The summed E-state index contributed by atoms with van der Waals surface area (Å²) in [6.07, 6.45) is 2.15. The van der Waals surface area contributed by atoms with E-state index in [2.05, 4.69) is 14.7 Å². The van der Waals surface area contributed by atoms with Crippen molar-refractivity contribution in [2.45, 2.75) is 44.8 Å². The highest BCUT2D eigenvalue weighted by Gasteiger charge is 2.24. The maximum absolute atomic E-state index is 12.9. The number of hydrogen-bond acceptors (Lipinski definition) is 6. The molecular formula is C25H26N6O5S. The van der Waals surface area contributed by atoms with Gasteiger partial charge in [-0.05, 0) is 48.2 Å². The molecule has 0 spiro atoms. The van der Waals surface area contributed by atoms with Crippen molar-refractivity contribution in [3.05, 3.63) is 86.3 Å². The van der Waals surface area contributed by atoms with Crippen LogP contribution in [0.15, 0.2) is 63.3 Å². The van der Waals surface area contributed by atoms with Gasteiger partial charge in [0.25, 0.3) is 5.56 Å². The van der Waals surface area contributed by atoms with Crippen molar-refractivity contribution in [1.29, 1.82) is 0 Å². The zero-order valence-electron chi connectivity index (χ0n) is 20.4. The number of imidazole rings is 1. The van der Waals surface area contributed by atoms with Gasteiger partial charge in [0.05, 0.1) is 17.8 Å². The van der Waals surface area contributed by atoms with E-state index in [1.165, 1.54) is 23.9 Å². The van der Waals surface area contributed by atoms with Gasteiger partial charge in [0.1, 0.15) is 0 Å². The second-order valence-electron chi connectivity index (χ2n) is 8.90. The first kappa shape index (κ1) is 24.7. The average molecular weight is 523 g/mol. The molecule has 0 fully saturated rings. The van der Waals surface area contributed by atoms with Crippen LogP contribution in [-0.4, -0.2) is 40.0 Å². The molecule has 1 aliphatic heterocycles. The second-order valence-corrected chi connectivity index (χ2v) is 10.7. The van der Waals surface area contributed by atoms with Gasteiger partial charge in [-0.25, -0.2) is 22.9 Å². The molecule has 192 valence electrons. The number of benzene rings is 2. The molecule has 2 aromatic heterocycles. The number of nitrogens with zero attached hydrogens (tertiary/aromatic N) is 4. The Balaban J connectivity index is 1.30. The highest BCUT2D eigenvalue weighted by molar-refractivity contribution is 7.89. The lowest BCUT2D eigenvalue weighted by atomic mass is 10.1. The topological polar surface area (TPSA) is 139 Å². The number of sulfonamides is 1. The van der Waals surface area contributed by atoms with Crippen LogP contribution in [-0.2, 0) is 40.9 Å². The van der Waals surface area contributed by atoms with E-state index in [1.54, 1.807) is 45.9 Å². The van der Waals surface area contributed by atoms with Crippen molar-refractivity contribution in [2.75, 3.05) is 11.4 Å². The van der Waals surface area contributed by atoms with Crippen LogP contribution in [0, 0.1) is 0 Å². The Hall–Kier alpha value is -4.03. The maximum Gasteiger partial charge on any atom is 0.330 e. The minimum Gasteiger partial charge on any atom is -0.325 e. The molecule has 2 aromatic carbocycles. The molecular weight excluding hydrogens is 496 g/mol. The fourth-order valence-corrected chi connectivity index (χ4v) is 5.65. The van der Waals surface area contributed by atoms with E-state index in [0.717, 1.165) is 22.4 Å². The first-order valence-electron chi connectivity index (χ1n) is 11.8. The molecule has 3 heterocycles. The average Bonchev–Trinajstić information content (AvgIpc) is 3.50. The third kappa shape index (κ3) is 4.60.